The number of benzene rings is 4. The van der Waals surface area contributed by atoms with Crippen molar-refractivity contribution in [2.45, 2.75) is 13.5 Å². The van der Waals surface area contributed by atoms with E-state index in [4.69, 9.17) is 4.74 Å². The van der Waals surface area contributed by atoms with Crippen LogP contribution in [0.2, 0.25) is 0 Å². The maximum atomic E-state index is 13.3. The Morgan fingerprint density at radius 2 is 1.67 bits per heavy atom. The number of aromatic hydroxyl groups is 1. The van der Waals surface area contributed by atoms with Gasteiger partial charge in [0.1, 0.15) is 18.1 Å². The molecule has 0 aliphatic carbocycles. The molecule has 1 aromatic heterocycles. The smallest absolute Gasteiger partial charge is 0.282 e. The molecule has 0 spiro atoms. The summed E-state index contributed by atoms with van der Waals surface area (Å²) in [6.45, 7) is 2.02. The van der Waals surface area contributed by atoms with Crippen LogP contribution in [-0.2, 0) is 6.61 Å². The lowest BCUT2D eigenvalue weighted by atomic mass is 10.0. The fourth-order valence-electron chi connectivity index (χ4n) is 3.78. The Labute approximate surface area is 190 Å². The van der Waals surface area contributed by atoms with Gasteiger partial charge < -0.3 is 9.84 Å². The molecule has 0 bridgehead atoms. The van der Waals surface area contributed by atoms with Gasteiger partial charge in [-0.15, -0.1) is 0 Å². The van der Waals surface area contributed by atoms with Crippen LogP contribution in [0, 0.1) is 6.92 Å². The van der Waals surface area contributed by atoms with Gasteiger partial charge in [-0.2, -0.15) is 9.78 Å². The minimum absolute atomic E-state index is 0.0593. The second kappa shape index (κ2) is 8.59. The summed E-state index contributed by atoms with van der Waals surface area (Å²) in [6.07, 6.45) is 1.49. The first-order chi connectivity index (χ1) is 16.1. The number of aryl methyl sites for hydroxylation is 1. The van der Waals surface area contributed by atoms with Crippen LogP contribution in [0.3, 0.4) is 0 Å². The number of ether oxygens (including phenoxy) is 1. The van der Waals surface area contributed by atoms with E-state index in [2.05, 4.69) is 10.1 Å². The molecule has 33 heavy (non-hydrogen) atoms. The second-order valence-corrected chi connectivity index (χ2v) is 7.68. The largest absolute Gasteiger partial charge is 0.507 e. The summed E-state index contributed by atoms with van der Waals surface area (Å²) in [5.74, 6) is 1.15. The number of aromatic nitrogens is 2. The monoisotopic (exact) mass is 435 g/mol. The van der Waals surface area contributed by atoms with Crippen molar-refractivity contribution in [1.29, 1.82) is 0 Å². The van der Waals surface area contributed by atoms with Crippen LogP contribution in [0.25, 0.3) is 21.7 Å². The molecule has 0 aliphatic rings. The van der Waals surface area contributed by atoms with Gasteiger partial charge in [0.25, 0.3) is 5.56 Å². The minimum atomic E-state index is -0.306. The first kappa shape index (κ1) is 20.5. The molecule has 0 amide bonds. The summed E-state index contributed by atoms with van der Waals surface area (Å²) in [4.78, 5) is 17.9. The van der Waals surface area contributed by atoms with Gasteiger partial charge in [-0.1, -0.05) is 60.7 Å². The quantitative estimate of drug-likeness (QED) is 0.393. The topological polar surface area (TPSA) is 76.7 Å². The number of fused-ring (bicyclic) bond motifs is 2. The van der Waals surface area contributed by atoms with Gasteiger partial charge in [0.2, 0.25) is 0 Å². The van der Waals surface area contributed by atoms with Crippen LogP contribution < -0.4 is 10.3 Å². The Bertz CT molecular complexity index is 1570. The average molecular weight is 435 g/mol. The third kappa shape index (κ3) is 3.94. The average Bonchev–Trinajstić information content (AvgIpc) is 2.84. The normalized spacial score (nSPS) is 11.4. The van der Waals surface area contributed by atoms with Crippen LogP contribution >= 0.6 is 0 Å². The van der Waals surface area contributed by atoms with Gasteiger partial charge in [-0.05, 0) is 47.5 Å². The molecule has 6 heteroatoms. The van der Waals surface area contributed by atoms with Crippen molar-refractivity contribution in [3.63, 3.8) is 0 Å². The SMILES string of the molecule is Cc1ccccc1OCc1nc2ccccc2c(=O)n1N=Cc1c(O)ccc2ccccc12. The third-order valence-electron chi connectivity index (χ3n) is 5.52. The van der Waals surface area contributed by atoms with E-state index in [0.29, 0.717) is 28.0 Å². The molecule has 4 aromatic carbocycles. The molecule has 5 rings (SSSR count). The lowest BCUT2D eigenvalue weighted by Crippen LogP contribution is -2.23. The maximum Gasteiger partial charge on any atom is 0.282 e. The van der Waals surface area contributed by atoms with E-state index in [-0.39, 0.29) is 17.9 Å². The predicted molar refractivity (Wildman–Crippen MR) is 130 cm³/mol. The van der Waals surface area contributed by atoms with Crippen LogP contribution in [0.4, 0.5) is 0 Å². The zero-order chi connectivity index (χ0) is 22.8. The van der Waals surface area contributed by atoms with E-state index in [1.807, 2.05) is 67.6 Å². The van der Waals surface area contributed by atoms with Gasteiger partial charge in [0, 0.05) is 5.56 Å². The van der Waals surface area contributed by atoms with Crippen LogP contribution in [0.5, 0.6) is 11.5 Å². The molecular formula is C27H21N3O3. The van der Waals surface area contributed by atoms with Crippen molar-refractivity contribution in [1.82, 2.24) is 9.66 Å². The number of rotatable bonds is 5. The maximum absolute atomic E-state index is 13.3. The van der Waals surface area contributed by atoms with E-state index < -0.39 is 0 Å². The molecule has 0 unspecified atom stereocenters. The zero-order valence-electron chi connectivity index (χ0n) is 18.0. The summed E-state index contributed by atoms with van der Waals surface area (Å²) >= 11 is 0. The molecule has 162 valence electrons. The highest BCUT2D eigenvalue weighted by Gasteiger charge is 2.12. The second-order valence-electron chi connectivity index (χ2n) is 7.68. The summed E-state index contributed by atoms with van der Waals surface area (Å²) < 4.78 is 7.21. The first-order valence-electron chi connectivity index (χ1n) is 10.6. The predicted octanol–water partition coefficient (Wildman–Crippen LogP) is 5.02. The standard InChI is InChI=1S/C27H21N3O3/c1-18-8-2-7-13-25(18)33-17-26-29-23-12-6-5-11-21(23)27(32)30(26)28-16-22-20-10-4-3-9-19(20)14-15-24(22)31/h2-16,31H,17H2,1H3. The highest BCUT2D eigenvalue weighted by Crippen LogP contribution is 2.25. The Morgan fingerprint density at radius 3 is 2.52 bits per heavy atom. The van der Waals surface area contributed by atoms with E-state index >= 15 is 0 Å². The minimum Gasteiger partial charge on any atom is -0.507 e. The van der Waals surface area contributed by atoms with Gasteiger partial charge in [0.05, 0.1) is 17.1 Å². The highest BCUT2D eigenvalue weighted by atomic mass is 16.5. The lowest BCUT2D eigenvalue weighted by Gasteiger charge is -2.12. The molecule has 0 radical (unpaired) electrons. The molecule has 6 nitrogen and oxygen atoms in total. The number of phenols is 1. The number of hydrogen-bond acceptors (Lipinski definition) is 5. The summed E-state index contributed by atoms with van der Waals surface area (Å²) in [6, 6.07) is 25.9. The molecule has 1 N–H and O–H groups in total. The van der Waals surface area contributed by atoms with Crippen molar-refractivity contribution >= 4 is 27.9 Å². The molecule has 1 heterocycles. The number of para-hydroxylation sites is 2. The molecular weight excluding hydrogens is 414 g/mol. The highest BCUT2D eigenvalue weighted by molar-refractivity contribution is 6.02. The van der Waals surface area contributed by atoms with Crippen LogP contribution in [-0.4, -0.2) is 21.0 Å². The summed E-state index contributed by atoms with van der Waals surface area (Å²) in [5.41, 5.74) is 1.78. The van der Waals surface area contributed by atoms with Crippen molar-refractivity contribution in [2.75, 3.05) is 0 Å². The lowest BCUT2D eigenvalue weighted by molar-refractivity contribution is 0.287. The van der Waals surface area contributed by atoms with Crippen LogP contribution in [0.15, 0.2) is 94.8 Å². The zero-order valence-corrected chi connectivity index (χ0v) is 18.0. The van der Waals surface area contributed by atoms with Crippen molar-refractivity contribution < 1.29 is 9.84 Å². The Morgan fingerprint density at radius 1 is 0.939 bits per heavy atom. The van der Waals surface area contributed by atoms with Gasteiger partial charge >= 0.3 is 0 Å². The molecule has 0 aliphatic heterocycles. The van der Waals surface area contributed by atoms with Gasteiger partial charge in [-0.25, -0.2) is 4.98 Å². The van der Waals surface area contributed by atoms with Gasteiger partial charge in [0.15, 0.2) is 5.82 Å². The third-order valence-corrected chi connectivity index (χ3v) is 5.52. The fourth-order valence-corrected chi connectivity index (χ4v) is 3.78. The number of nitrogens with zero attached hydrogens (tertiary/aromatic N) is 3. The molecule has 0 saturated carbocycles. The fraction of sp³-hybridized carbons (Fsp3) is 0.0741. The van der Waals surface area contributed by atoms with E-state index in [0.717, 1.165) is 16.3 Å². The molecule has 0 fully saturated rings. The first-order valence-corrected chi connectivity index (χ1v) is 10.6. The van der Waals surface area contributed by atoms with Crippen molar-refractivity contribution in [2.24, 2.45) is 5.10 Å². The number of hydrogen-bond donors (Lipinski definition) is 1. The van der Waals surface area contributed by atoms with Crippen LogP contribution in [0.1, 0.15) is 17.0 Å². The van der Waals surface area contributed by atoms with Crippen molar-refractivity contribution in [3.8, 4) is 11.5 Å². The molecule has 0 atom stereocenters. The van der Waals surface area contributed by atoms with E-state index in [1.54, 1.807) is 24.3 Å². The summed E-state index contributed by atoms with van der Waals surface area (Å²) in [5, 5.41) is 17.2. The van der Waals surface area contributed by atoms with E-state index in [9.17, 15) is 9.90 Å². The Kier molecular flexibility index (Phi) is 5.32. The molecule has 0 saturated heterocycles. The summed E-state index contributed by atoms with van der Waals surface area (Å²) in [7, 11) is 0. The Hall–Kier alpha value is -4.45. The Balaban J connectivity index is 1.62. The number of phenolic OH excluding ortho intramolecular Hbond substituents is 1. The molecule has 5 aromatic rings. The van der Waals surface area contributed by atoms with Gasteiger partial charge in [-0.3, -0.25) is 4.79 Å². The van der Waals surface area contributed by atoms with E-state index in [1.165, 1.54) is 10.9 Å². The van der Waals surface area contributed by atoms with Crippen molar-refractivity contribution in [3.05, 3.63) is 112 Å².